The van der Waals surface area contributed by atoms with Crippen LogP contribution in [-0.2, 0) is 0 Å². The number of anilines is 1. The van der Waals surface area contributed by atoms with Crippen molar-refractivity contribution >= 4 is 32.9 Å². The maximum absolute atomic E-state index is 5.12. The molecule has 150 valence electrons. The van der Waals surface area contributed by atoms with Gasteiger partial charge in [0.1, 0.15) is 5.82 Å². The normalized spacial score (nSPS) is 12.5. The number of pyridine rings is 1. The lowest BCUT2D eigenvalue weighted by Crippen LogP contribution is -2.53. The second kappa shape index (κ2) is 9.88. The van der Waals surface area contributed by atoms with Gasteiger partial charge in [-0.25, -0.2) is 4.98 Å². The molecule has 0 fully saturated rings. The average Bonchev–Trinajstić information content (AvgIpc) is 2.74. The number of nitrogens with zero attached hydrogens (tertiary/aromatic N) is 2. The van der Waals surface area contributed by atoms with Crippen LogP contribution in [0.5, 0.6) is 0 Å². The minimum absolute atomic E-state index is 1.13. The molecule has 0 unspecified atom stereocenters. The van der Waals surface area contributed by atoms with E-state index in [1.807, 2.05) is 0 Å². The molecule has 4 heteroatoms. The summed E-state index contributed by atoms with van der Waals surface area (Å²) in [6.45, 7) is 14.6. The predicted molar refractivity (Wildman–Crippen MR) is 128 cm³/mol. The highest BCUT2D eigenvalue weighted by atomic mass is 28.3. The largest absolute Gasteiger partial charge is 0.362 e. The van der Waals surface area contributed by atoms with Crippen LogP contribution < -0.4 is 4.90 Å². The molecular formula is C23H40N2Si2. The molecule has 0 spiro atoms. The van der Waals surface area contributed by atoms with E-state index in [0.717, 1.165) is 5.52 Å². The first-order valence-corrected chi connectivity index (χ1v) is 16.8. The quantitative estimate of drug-likeness (QED) is 0.373. The zero-order valence-corrected chi connectivity index (χ0v) is 20.5. The van der Waals surface area contributed by atoms with E-state index in [1.54, 1.807) is 0 Å². The summed E-state index contributed by atoms with van der Waals surface area (Å²) in [5.41, 5.74) is 1.13. The van der Waals surface area contributed by atoms with Crippen molar-refractivity contribution in [2.75, 3.05) is 17.2 Å². The van der Waals surface area contributed by atoms with Gasteiger partial charge in [0, 0.05) is 17.7 Å². The molecule has 1 aromatic heterocycles. The Bertz CT molecular complexity index is 670. The van der Waals surface area contributed by atoms with Crippen LogP contribution >= 0.6 is 0 Å². The first-order valence-electron chi connectivity index (χ1n) is 11.1. The lowest BCUT2D eigenvalue weighted by Gasteiger charge is -2.41. The Morgan fingerprint density at radius 1 is 0.667 bits per heavy atom. The Morgan fingerprint density at radius 3 is 1.63 bits per heavy atom. The first-order chi connectivity index (χ1) is 13.0. The van der Waals surface area contributed by atoms with Gasteiger partial charge in [-0.3, -0.25) is 0 Å². The van der Waals surface area contributed by atoms with E-state index >= 15 is 0 Å². The summed E-state index contributed by atoms with van der Waals surface area (Å²) in [4.78, 5) is 7.85. The van der Waals surface area contributed by atoms with Crippen LogP contribution in [0.25, 0.3) is 10.9 Å². The molecule has 2 rings (SSSR count). The number of benzene rings is 1. The molecule has 0 atom stereocenters. The van der Waals surface area contributed by atoms with Gasteiger partial charge in [-0.2, -0.15) is 0 Å². The lowest BCUT2D eigenvalue weighted by molar-refractivity contribution is 0.919. The smallest absolute Gasteiger partial charge is 0.128 e. The fourth-order valence-corrected chi connectivity index (χ4v) is 11.2. The Morgan fingerprint density at radius 2 is 1.15 bits per heavy atom. The third-order valence-corrected chi connectivity index (χ3v) is 18.6. The molecule has 0 bridgehead atoms. The molecule has 0 saturated heterocycles. The van der Waals surface area contributed by atoms with Crippen LogP contribution in [0.4, 0.5) is 5.82 Å². The Kier molecular flexibility index (Phi) is 8.10. The van der Waals surface area contributed by atoms with Crippen molar-refractivity contribution in [3.63, 3.8) is 0 Å². The van der Waals surface area contributed by atoms with Gasteiger partial charge in [0.15, 0.2) is 0 Å². The number of rotatable bonds is 11. The highest BCUT2D eigenvalue weighted by molar-refractivity contribution is 6.82. The second-order valence-corrected chi connectivity index (χ2v) is 19.2. The lowest BCUT2D eigenvalue weighted by atomic mass is 10.2. The number of hydrogen-bond donors (Lipinski definition) is 0. The SMILES string of the molecule is CC[Si](CC)(CC)CN(C[Si](CC)(CC)CC)c1ccc2ccccc2n1. The Labute approximate surface area is 169 Å². The van der Waals surface area contributed by atoms with Gasteiger partial charge >= 0.3 is 0 Å². The van der Waals surface area contributed by atoms with E-state index in [-0.39, 0.29) is 0 Å². The molecule has 27 heavy (non-hydrogen) atoms. The average molecular weight is 401 g/mol. The van der Waals surface area contributed by atoms with Crippen LogP contribution in [0, 0.1) is 0 Å². The van der Waals surface area contributed by atoms with Crippen LogP contribution in [0.1, 0.15) is 41.5 Å². The van der Waals surface area contributed by atoms with Gasteiger partial charge in [0.05, 0.1) is 21.7 Å². The minimum atomic E-state index is -1.26. The third-order valence-electron chi connectivity index (χ3n) is 7.46. The predicted octanol–water partition coefficient (Wildman–Crippen LogP) is 7.14. The van der Waals surface area contributed by atoms with Gasteiger partial charge in [-0.05, 0) is 18.2 Å². The number of aromatic nitrogens is 1. The van der Waals surface area contributed by atoms with Crippen molar-refractivity contribution in [3.8, 4) is 0 Å². The molecule has 0 amide bonds. The van der Waals surface area contributed by atoms with Crippen LogP contribution in [-0.4, -0.2) is 33.5 Å². The third kappa shape index (κ3) is 5.02. The molecule has 0 aliphatic rings. The van der Waals surface area contributed by atoms with Crippen LogP contribution in [0.2, 0.25) is 36.3 Å². The van der Waals surface area contributed by atoms with Gasteiger partial charge in [-0.15, -0.1) is 0 Å². The first kappa shape index (κ1) is 22.2. The molecule has 1 heterocycles. The molecule has 0 saturated carbocycles. The van der Waals surface area contributed by atoms with E-state index in [9.17, 15) is 0 Å². The summed E-state index contributed by atoms with van der Waals surface area (Å²) in [7, 11) is -2.52. The van der Waals surface area contributed by atoms with Crippen molar-refractivity contribution in [2.45, 2.75) is 77.8 Å². The molecule has 0 aliphatic heterocycles. The van der Waals surface area contributed by atoms with Gasteiger partial charge in [0.25, 0.3) is 0 Å². The fraction of sp³-hybridized carbons (Fsp3) is 0.609. The number of para-hydroxylation sites is 1. The maximum Gasteiger partial charge on any atom is 0.128 e. The summed E-state index contributed by atoms with van der Waals surface area (Å²) < 4.78 is 0. The van der Waals surface area contributed by atoms with Crippen LogP contribution in [0.3, 0.4) is 0 Å². The van der Waals surface area contributed by atoms with Gasteiger partial charge < -0.3 is 4.90 Å². The molecular weight excluding hydrogens is 360 g/mol. The molecule has 2 nitrogen and oxygen atoms in total. The molecule has 0 radical (unpaired) electrons. The summed E-state index contributed by atoms with van der Waals surface area (Å²) in [5.74, 6) is 1.22. The van der Waals surface area contributed by atoms with Crippen molar-refractivity contribution in [1.82, 2.24) is 4.98 Å². The Balaban J connectivity index is 2.46. The summed E-state index contributed by atoms with van der Waals surface area (Å²) in [6, 6.07) is 21.4. The molecule has 1 aromatic carbocycles. The van der Waals surface area contributed by atoms with E-state index in [1.165, 1.54) is 59.8 Å². The Hall–Kier alpha value is -1.14. The maximum atomic E-state index is 5.12. The van der Waals surface area contributed by atoms with E-state index in [2.05, 4.69) is 82.8 Å². The molecule has 2 aromatic rings. The summed E-state index contributed by atoms with van der Waals surface area (Å²) >= 11 is 0. The van der Waals surface area contributed by atoms with Crippen molar-refractivity contribution in [1.29, 1.82) is 0 Å². The molecule has 0 N–H and O–H groups in total. The van der Waals surface area contributed by atoms with Gasteiger partial charge in [-0.1, -0.05) is 96.0 Å². The summed E-state index contributed by atoms with van der Waals surface area (Å²) in [6.07, 6.45) is 2.55. The van der Waals surface area contributed by atoms with E-state index in [4.69, 9.17) is 4.98 Å². The monoisotopic (exact) mass is 400 g/mol. The highest BCUT2D eigenvalue weighted by Crippen LogP contribution is 2.29. The van der Waals surface area contributed by atoms with Crippen molar-refractivity contribution < 1.29 is 0 Å². The van der Waals surface area contributed by atoms with E-state index in [0.29, 0.717) is 0 Å². The van der Waals surface area contributed by atoms with Crippen molar-refractivity contribution in [2.24, 2.45) is 0 Å². The van der Waals surface area contributed by atoms with Crippen LogP contribution in [0.15, 0.2) is 36.4 Å². The molecule has 0 aliphatic carbocycles. The van der Waals surface area contributed by atoms with E-state index < -0.39 is 16.1 Å². The topological polar surface area (TPSA) is 16.1 Å². The van der Waals surface area contributed by atoms with Crippen molar-refractivity contribution in [3.05, 3.63) is 36.4 Å². The standard InChI is InChI=1S/C23H40N2Si2/c1-7-26(8-2,9-3)19-25(20-27(10-4,11-5)12-6)23-18-17-21-15-13-14-16-22(21)24-23/h13-18H,7-12,19-20H2,1-6H3. The zero-order chi connectivity index (χ0) is 19.9. The number of fused-ring (bicyclic) bond motifs is 1. The number of hydrogen-bond acceptors (Lipinski definition) is 2. The zero-order valence-electron chi connectivity index (χ0n) is 18.5. The summed E-state index contributed by atoms with van der Waals surface area (Å²) in [5, 5.41) is 1.25. The fourth-order valence-electron chi connectivity index (χ4n) is 4.43. The second-order valence-electron chi connectivity index (χ2n) is 8.34. The highest BCUT2D eigenvalue weighted by Gasteiger charge is 2.35. The minimum Gasteiger partial charge on any atom is -0.362 e. The van der Waals surface area contributed by atoms with Gasteiger partial charge in [0.2, 0.25) is 0 Å².